The monoisotopic (exact) mass is 472 g/mol. The summed E-state index contributed by atoms with van der Waals surface area (Å²) in [5.74, 6) is -2.65. The van der Waals surface area contributed by atoms with Crippen LogP contribution in [-0.4, -0.2) is 35.0 Å². The van der Waals surface area contributed by atoms with E-state index in [1.54, 1.807) is 0 Å². The number of benzene rings is 4. The Labute approximate surface area is 201 Å². The van der Waals surface area contributed by atoms with Gasteiger partial charge in [0.25, 0.3) is 0 Å². The van der Waals surface area contributed by atoms with Crippen LogP contribution in [0.3, 0.4) is 0 Å². The molecule has 178 valence electrons. The maximum Gasteiger partial charge on any atom is 0.326 e. The van der Waals surface area contributed by atoms with Crippen molar-refractivity contribution in [1.29, 1.82) is 0 Å². The number of aliphatic carboxylic acids is 1. The molecule has 4 rings (SSSR count). The lowest BCUT2D eigenvalue weighted by Crippen LogP contribution is -2.52. The summed E-state index contributed by atoms with van der Waals surface area (Å²) in [5.41, 5.74) is 1.45. The van der Waals surface area contributed by atoms with Crippen molar-refractivity contribution < 1.29 is 23.9 Å². The Morgan fingerprint density at radius 1 is 0.800 bits per heavy atom. The van der Waals surface area contributed by atoms with Gasteiger partial charge in [-0.2, -0.15) is 0 Å². The van der Waals surface area contributed by atoms with Gasteiger partial charge in [-0.05, 0) is 50.9 Å². The van der Waals surface area contributed by atoms with Gasteiger partial charge in [-0.25, -0.2) is 9.18 Å². The molecular weight excluding hydrogens is 447 g/mol. The predicted octanol–water partition coefficient (Wildman–Crippen LogP) is 3.99. The summed E-state index contributed by atoms with van der Waals surface area (Å²) >= 11 is 0. The highest BCUT2D eigenvalue weighted by Crippen LogP contribution is 2.29. The predicted molar refractivity (Wildman–Crippen MR) is 132 cm³/mol. The maximum absolute atomic E-state index is 13.3. The molecule has 7 heteroatoms. The van der Waals surface area contributed by atoms with Gasteiger partial charge in [0, 0.05) is 19.8 Å². The molecule has 0 aliphatic rings. The fourth-order valence-electron chi connectivity index (χ4n) is 4.32. The molecule has 0 radical (unpaired) electrons. The highest BCUT2D eigenvalue weighted by atomic mass is 19.1. The lowest BCUT2D eigenvalue weighted by atomic mass is 9.92. The van der Waals surface area contributed by atoms with Crippen molar-refractivity contribution in [2.24, 2.45) is 0 Å². The first-order chi connectivity index (χ1) is 16.8. The average Bonchev–Trinajstić information content (AvgIpc) is 2.83. The quantitative estimate of drug-likeness (QED) is 0.338. The van der Waals surface area contributed by atoms with Crippen molar-refractivity contribution in [3.05, 3.63) is 95.8 Å². The summed E-state index contributed by atoms with van der Waals surface area (Å²) in [4.78, 5) is 37.1. The number of amides is 2. The highest BCUT2D eigenvalue weighted by Gasteiger charge is 2.27. The molecule has 35 heavy (non-hydrogen) atoms. The normalized spacial score (nSPS) is 12.7. The van der Waals surface area contributed by atoms with Crippen molar-refractivity contribution in [3.63, 3.8) is 0 Å². The van der Waals surface area contributed by atoms with E-state index in [-0.39, 0.29) is 12.8 Å². The van der Waals surface area contributed by atoms with Crippen LogP contribution in [0.4, 0.5) is 4.39 Å². The number of fused-ring (bicyclic) bond motifs is 2. The molecule has 4 aromatic rings. The molecule has 0 saturated carbocycles. The number of carbonyl (C=O) groups is 3. The number of rotatable bonds is 8. The fourth-order valence-corrected chi connectivity index (χ4v) is 4.32. The van der Waals surface area contributed by atoms with Crippen molar-refractivity contribution in [2.45, 2.75) is 31.8 Å². The molecule has 0 fully saturated rings. The van der Waals surface area contributed by atoms with E-state index in [1.807, 2.05) is 48.5 Å². The molecule has 6 nitrogen and oxygen atoms in total. The van der Waals surface area contributed by atoms with Gasteiger partial charge in [-0.1, -0.05) is 60.7 Å². The van der Waals surface area contributed by atoms with E-state index in [9.17, 15) is 23.9 Å². The van der Waals surface area contributed by atoms with Gasteiger partial charge >= 0.3 is 5.97 Å². The molecular formula is C28H25FN2O4. The van der Waals surface area contributed by atoms with Crippen LogP contribution in [0.2, 0.25) is 0 Å². The van der Waals surface area contributed by atoms with Crippen LogP contribution in [0.5, 0.6) is 0 Å². The third kappa shape index (κ3) is 5.63. The second kappa shape index (κ2) is 10.3. The van der Waals surface area contributed by atoms with Crippen molar-refractivity contribution >= 4 is 39.3 Å². The zero-order valence-electron chi connectivity index (χ0n) is 19.1. The van der Waals surface area contributed by atoms with Crippen molar-refractivity contribution in [2.75, 3.05) is 0 Å². The summed E-state index contributed by atoms with van der Waals surface area (Å²) in [6.45, 7) is 1.28. The lowest BCUT2D eigenvalue weighted by molar-refractivity contribution is -0.142. The van der Waals surface area contributed by atoms with Gasteiger partial charge in [0.15, 0.2) is 0 Å². The third-order valence-corrected chi connectivity index (χ3v) is 5.95. The molecule has 0 spiro atoms. The second-order valence-electron chi connectivity index (χ2n) is 8.48. The van der Waals surface area contributed by atoms with Crippen LogP contribution in [0.15, 0.2) is 78.9 Å². The smallest absolute Gasteiger partial charge is 0.326 e. The average molecular weight is 473 g/mol. The van der Waals surface area contributed by atoms with Gasteiger partial charge in [0.05, 0.1) is 0 Å². The number of halogens is 1. The standard InChI is InChI=1S/C28H25FN2O4/c1-17(32)30-25(14-18-10-12-21(29)13-11-18)27(33)31-26(28(34)35)16-24-22-8-4-2-6-19(22)15-20-7-3-5-9-23(20)24/h2-13,15,25-26H,14,16H2,1H3,(H,30,32)(H,31,33)(H,34,35)/t25-,26-/m0/s1. The van der Waals surface area contributed by atoms with Crippen molar-refractivity contribution in [1.82, 2.24) is 10.6 Å². The van der Waals surface area contributed by atoms with E-state index >= 15 is 0 Å². The van der Waals surface area contributed by atoms with E-state index in [4.69, 9.17) is 0 Å². The number of carboxylic acids is 1. The second-order valence-corrected chi connectivity index (χ2v) is 8.48. The molecule has 4 aromatic carbocycles. The molecule has 3 N–H and O–H groups in total. The van der Waals surface area contributed by atoms with Crippen LogP contribution in [0, 0.1) is 5.82 Å². The molecule has 0 heterocycles. The highest BCUT2D eigenvalue weighted by molar-refractivity contribution is 6.03. The summed E-state index contributed by atoms with van der Waals surface area (Å²) in [7, 11) is 0. The lowest BCUT2D eigenvalue weighted by Gasteiger charge is -2.22. The van der Waals surface area contributed by atoms with Crippen molar-refractivity contribution in [3.8, 4) is 0 Å². The number of hydrogen-bond acceptors (Lipinski definition) is 3. The molecule has 0 saturated heterocycles. The molecule has 2 amide bonds. The summed E-state index contributed by atoms with van der Waals surface area (Å²) in [5, 5.41) is 18.9. The molecule has 0 bridgehead atoms. The minimum Gasteiger partial charge on any atom is -0.480 e. The minimum absolute atomic E-state index is 0.0618. The topological polar surface area (TPSA) is 95.5 Å². The molecule has 0 aliphatic carbocycles. The van der Waals surface area contributed by atoms with Crippen LogP contribution < -0.4 is 10.6 Å². The number of carbonyl (C=O) groups excluding carboxylic acids is 2. The van der Waals surface area contributed by atoms with E-state index in [2.05, 4.69) is 16.7 Å². The zero-order valence-corrected chi connectivity index (χ0v) is 19.1. The van der Waals surface area contributed by atoms with Crippen LogP contribution in [-0.2, 0) is 27.2 Å². The fraction of sp³-hybridized carbons (Fsp3) is 0.179. The van der Waals surface area contributed by atoms with Gasteiger partial charge in [0.2, 0.25) is 11.8 Å². The van der Waals surface area contributed by atoms with Gasteiger partial charge in [0.1, 0.15) is 17.9 Å². The Bertz CT molecular complexity index is 1350. The Kier molecular flexibility index (Phi) is 7.06. The van der Waals surface area contributed by atoms with Crippen LogP contribution >= 0.6 is 0 Å². The Morgan fingerprint density at radius 3 is 1.91 bits per heavy atom. The summed E-state index contributed by atoms with van der Waals surface area (Å²) in [6, 6.07) is 20.8. The first kappa shape index (κ1) is 23.9. The van der Waals surface area contributed by atoms with Gasteiger partial charge < -0.3 is 15.7 Å². The van der Waals surface area contributed by atoms with E-state index in [0.29, 0.717) is 5.56 Å². The van der Waals surface area contributed by atoms with Gasteiger partial charge in [-0.3, -0.25) is 9.59 Å². The van der Waals surface area contributed by atoms with Crippen LogP contribution in [0.1, 0.15) is 18.1 Å². The van der Waals surface area contributed by atoms with E-state index in [0.717, 1.165) is 27.1 Å². The largest absolute Gasteiger partial charge is 0.480 e. The first-order valence-corrected chi connectivity index (χ1v) is 11.3. The van der Waals surface area contributed by atoms with Gasteiger partial charge in [-0.15, -0.1) is 0 Å². The minimum atomic E-state index is -1.22. The first-order valence-electron chi connectivity index (χ1n) is 11.3. The molecule has 0 aliphatic heterocycles. The Hall–Kier alpha value is -4.26. The third-order valence-electron chi connectivity index (χ3n) is 5.95. The molecule has 2 atom stereocenters. The van der Waals surface area contributed by atoms with E-state index < -0.39 is 35.7 Å². The summed E-state index contributed by atoms with van der Waals surface area (Å²) < 4.78 is 13.3. The number of hydrogen-bond donors (Lipinski definition) is 3. The SMILES string of the molecule is CC(=O)N[C@@H](Cc1ccc(F)cc1)C(=O)N[C@@H](Cc1c2ccccc2cc2ccccc12)C(=O)O. The number of carboxylic acid groups (broad SMARTS) is 1. The maximum atomic E-state index is 13.3. The van der Waals surface area contributed by atoms with Crippen LogP contribution in [0.25, 0.3) is 21.5 Å². The summed E-state index contributed by atoms with van der Waals surface area (Å²) in [6.07, 6.45) is 0.154. The van der Waals surface area contributed by atoms with E-state index in [1.165, 1.54) is 31.2 Å². The molecule has 0 aromatic heterocycles. The Morgan fingerprint density at radius 2 is 1.37 bits per heavy atom. The zero-order chi connectivity index (χ0) is 24.9. The number of nitrogens with one attached hydrogen (secondary N) is 2. The Balaban J connectivity index is 1.64. The molecule has 0 unspecified atom stereocenters.